The van der Waals surface area contributed by atoms with Gasteiger partial charge >= 0.3 is 39.5 Å². The second-order valence-corrected chi connectivity index (χ2v) is 28.4. The molecule has 0 aromatic carbocycles. The first kappa shape index (κ1) is 85.1. The zero-order valence-electron chi connectivity index (χ0n) is 56.3. The molecule has 0 saturated carbocycles. The van der Waals surface area contributed by atoms with Crippen molar-refractivity contribution >= 4 is 39.5 Å². The number of carbonyl (C=O) groups is 4. The summed E-state index contributed by atoms with van der Waals surface area (Å²) in [5, 5.41) is 10.6. The Morgan fingerprint density at radius 3 is 0.782 bits per heavy atom. The van der Waals surface area contributed by atoms with E-state index in [9.17, 15) is 43.2 Å². The highest BCUT2D eigenvalue weighted by molar-refractivity contribution is 7.47. The Kier molecular flexibility index (Phi) is 59.0. The molecule has 19 heteroatoms. The average Bonchev–Trinajstić information content (AvgIpc) is 3.69. The normalized spacial score (nSPS) is 14.2. The van der Waals surface area contributed by atoms with Crippen LogP contribution < -0.4 is 0 Å². The fourth-order valence-corrected chi connectivity index (χ4v) is 11.8. The molecule has 3 N–H and O–H groups in total. The van der Waals surface area contributed by atoms with Crippen LogP contribution in [0.2, 0.25) is 0 Å². The number of esters is 4. The molecule has 0 aromatic rings. The van der Waals surface area contributed by atoms with Gasteiger partial charge in [0.2, 0.25) is 0 Å². The molecule has 2 unspecified atom stereocenters. The fourth-order valence-electron chi connectivity index (χ4n) is 10.2. The van der Waals surface area contributed by atoms with E-state index in [2.05, 4.69) is 41.5 Å². The number of carbonyl (C=O) groups excluding carboxylic acids is 4. The molecule has 0 aliphatic carbocycles. The predicted molar refractivity (Wildman–Crippen MR) is 349 cm³/mol. The van der Waals surface area contributed by atoms with E-state index >= 15 is 0 Å². The topological polar surface area (TPSA) is 237 Å². The molecule has 0 bridgehead atoms. The van der Waals surface area contributed by atoms with Crippen LogP contribution in [0.5, 0.6) is 0 Å². The first-order valence-corrected chi connectivity index (χ1v) is 38.5. The summed E-state index contributed by atoms with van der Waals surface area (Å²) >= 11 is 0. The molecule has 0 heterocycles. The van der Waals surface area contributed by atoms with Crippen LogP contribution in [0.3, 0.4) is 0 Å². The Balaban J connectivity index is 5.25. The fraction of sp³-hybridized carbons (Fsp3) is 0.941. The molecule has 0 aliphatic rings. The number of unbranched alkanes of at least 4 members (excludes halogenated alkanes) is 37. The van der Waals surface area contributed by atoms with Crippen LogP contribution in [0.15, 0.2) is 0 Å². The highest BCUT2D eigenvalue weighted by Crippen LogP contribution is 2.45. The molecule has 0 aromatic heterocycles. The van der Waals surface area contributed by atoms with Crippen molar-refractivity contribution in [3.63, 3.8) is 0 Å². The number of aliphatic hydroxyl groups is 1. The van der Waals surface area contributed by atoms with Crippen molar-refractivity contribution in [1.82, 2.24) is 0 Å². The predicted octanol–water partition coefficient (Wildman–Crippen LogP) is 19.2. The lowest BCUT2D eigenvalue weighted by molar-refractivity contribution is -0.161. The average molecular weight is 1280 g/mol. The minimum absolute atomic E-state index is 0.105. The van der Waals surface area contributed by atoms with Gasteiger partial charge < -0.3 is 33.8 Å². The lowest BCUT2D eigenvalue weighted by Crippen LogP contribution is -2.30. The maximum atomic E-state index is 13.0. The van der Waals surface area contributed by atoms with Crippen LogP contribution in [0.25, 0.3) is 0 Å². The molecular formula is C68H132O17P2. The van der Waals surface area contributed by atoms with Gasteiger partial charge in [0.1, 0.15) is 19.3 Å². The van der Waals surface area contributed by atoms with Crippen LogP contribution in [0.1, 0.15) is 343 Å². The lowest BCUT2D eigenvalue weighted by Gasteiger charge is -2.21. The molecule has 87 heavy (non-hydrogen) atoms. The maximum absolute atomic E-state index is 13.0. The van der Waals surface area contributed by atoms with Crippen LogP contribution >= 0.6 is 15.6 Å². The molecule has 0 aliphatic heterocycles. The Morgan fingerprint density at radius 1 is 0.310 bits per heavy atom. The zero-order valence-corrected chi connectivity index (χ0v) is 58.1. The van der Waals surface area contributed by atoms with E-state index in [1.165, 1.54) is 161 Å². The van der Waals surface area contributed by atoms with Gasteiger partial charge in [-0.3, -0.25) is 37.3 Å². The van der Waals surface area contributed by atoms with Gasteiger partial charge in [0.05, 0.1) is 26.4 Å². The van der Waals surface area contributed by atoms with Crippen LogP contribution in [-0.4, -0.2) is 96.7 Å². The molecular weight excluding hydrogens is 1150 g/mol. The molecule has 516 valence electrons. The van der Waals surface area contributed by atoms with E-state index in [0.29, 0.717) is 25.7 Å². The smallest absolute Gasteiger partial charge is 0.462 e. The largest absolute Gasteiger partial charge is 0.472 e. The van der Waals surface area contributed by atoms with Gasteiger partial charge in [-0.15, -0.1) is 0 Å². The second-order valence-electron chi connectivity index (χ2n) is 25.5. The molecule has 5 atom stereocenters. The maximum Gasteiger partial charge on any atom is 0.472 e. The van der Waals surface area contributed by atoms with E-state index in [4.69, 9.17) is 37.0 Å². The van der Waals surface area contributed by atoms with Crippen molar-refractivity contribution in [2.75, 3.05) is 39.6 Å². The number of hydrogen-bond donors (Lipinski definition) is 3. The van der Waals surface area contributed by atoms with Gasteiger partial charge in [-0.05, 0) is 37.5 Å². The Hall–Kier alpha value is -1.94. The minimum Gasteiger partial charge on any atom is -0.462 e. The van der Waals surface area contributed by atoms with Crippen LogP contribution in [-0.2, 0) is 65.4 Å². The van der Waals surface area contributed by atoms with Crippen molar-refractivity contribution in [1.29, 1.82) is 0 Å². The van der Waals surface area contributed by atoms with E-state index in [0.717, 1.165) is 102 Å². The summed E-state index contributed by atoms with van der Waals surface area (Å²) in [6.07, 6.45) is 44.3. The lowest BCUT2D eigenvalue weighted by atomic mass is 10.0. The SMILES string of the molecule is CCCCCCCCCCCCCCCC(=O)O[C@H](COC(=O)CCCCCCCCCCCC(C)C)COP(=O)(O)OC[C@@H](O)COP(=O)(O)OC[C@@H](COC(=O)CCCCCCCCCCCCC)OC(=O)CCCCCCCCCCC(C)C. The van der Waals surface area contributed by atoms with Crippen molar-refractivity contribution < 1.29 is 80.2 Å². The zero-order chi connectivity index (χ0) is 64.3. The molecule has 0 spiro atoms. The number of ether oxygens (including phenoxy) is 4. The molecule has 17 nitrogen and oxygen atoms in total. The number of phosphoric ester groups is 2. The van der Waals surface area contributed by atoms with Gasteiger partial charge in [-0.1, -0.05) is 292 Å². The Bertz CT molecular complexity index is 1700. The third-order valence-electron chi connectivity index (χ3n) is 15.7. The van der Waals surface area contributed by atoms with E-state index in [-0.39, 0.29) is 25.7 Å². The molecule has 0 amide bonds. The van der Waals surface area contributed by atoms with Gasteiger partial charge in [0.15, 0.2) is 12.2 Å². The standard InChI is InChI=1S/C68H132O17P2/c1-7-9-11-13-15-17-19-20-22-26-34-40-46-52-67(72)84-63(56-79-66(71)51-45-39-33-27-23-24-30-36-42-48-60(3)4)58-82-86(74,75)80-54-62(69)55-81-87(76,77)83-59-64(85-68(73)53-47-41-35-29-28-31-37-43-49-61(5)6)57-78-65(70)50-44-38-32-25-21-18-16-14-12-10-8-2/h60-64,69H,7-59H2,1-6H3,(H,74,75)(H,76,77)/t62-,63-,64-/m1/s1. The molecule has 0 saturated heterocycles. The summed E-state index contributed by atoms with van der Waals surface area (Å²) in [4.78, 5) is 72.4. The van der Waals surface area contributed by atoms with Crippen molar-refractivity contribution in [2.24, 2.45) is 11.8 Å². The van der Waals surface area contributed by atoms with Gasteiger partial charge in [-0.25, -0.2) is 9.13 Å². The molecule has 0 rings (SSSR count). The van der Waals surface area contributed by atoms with Crippen molar-refractivity contribution in [3.05, 3.63) is 0 Å². The monoisotopic (exact) mass is 1280 g/mol. The van der Waals surface area contributed by atoms with E-state index < -0.39 is 97.5 Å². The number of hydrogen-bond acceptors (Lipinski definition) is 15. The van der Waals surface area contributed by atoms with Gasteiger partial charge in [0, 0.05) is 25.7 Å². The highest BCUT2D eigenvalue weighted by atomic mass is 31.2. The summed E-state index contributed by atoms with van der Waals surface area (Å²) in [6.45, 7) is 9.47. The van der Waals surface area contributed by atoms with E-state index in [1.807, 2.05) is 0 Å². The van der Waals surface area contributed by atoms with Crippen LogP contribution in [0.4, 0.5) is 0 Å². The number of phosphoric acid groups is 2. The second kappa shape index (κ2) is 60.3. The summed E-state index contributed by atoms with van der Waals surface area (Å²) in [5.41, 5.74) is 0. The first-order valence-electron chi connectivity index (χ1n) is 35.5. The van der Waals surface area contributed by atoms with Gasteiger partial charge in [0.25, 0.3) is 0 Å². The summed E-state index contributed by atoms with van der Waals surface area (Å²) in [5.74, 6) is -0.665. The number of rotatable bonds is 67. The van der Waals surface area contributed by atoms with Gasteiger partial charge in [-0.2, -0.15) is 0 Å². The quantitative estimate of drug-likeness (QED) is 0.0222. The Labute approximate surface area is 530 Å². The van der Waals surface area contributed by atoms with E-state index in [1.54, 1.807) is 0 Å². The molecule has 0 fully saturated rings. The van der Waals surface area contributed by atoms with Crippen molar-refractivity contribution in [3.8, 4) is 0 Å². The minimum atomic E-state index is -4.95. The van der Waals surface area contributed by atoms with Crippen molar-refractivity contribution in [2.45, 2.75) is 362 Å². The summed E-state index contributed by atoms with van der Waals surface area (Å²) < 4.78 is 68.2. The molecule has 0 radical (unpaired) electrons. The third-order valence-corrected chi connectivity index (χ3v) is 17.6. The third kappa shape index (κ3) is 62.6. The summed E-state index contributed by atoms with van der Waals surface area (Å²) in [7, 11) is -9.89. The highest BCUT2D eigenvalue weighted by Gasteiger charge is 2.30. The number of aliphatic hydroxyl groups excluding tert-OH is 1. The van der Waals surface area contributed by atoms with Crippen LogP contribution in [0, 0.1) is 11.8 Å². The first-order chi connectivity index (χ1) is 41.9. The Morgan fingerprint density at radius 2 is 0.529 bits per heavy atom. The summed E-state index contributed by atoms with van der Waals surface area (Å²) in [6, 6.07) is 0.